The van der Waals surface area contributed by atoms with Gasteiger partial charge in [-0.05, 0) is 23.7 Å². The maximum Gasteiger partial charge on any atom is 1.00 e. The van der Waals surface area contributed by atoms with Crippen molar-refractivity contribution in [3.05, 3.63) is 0 Å². The predicted molar refractivity (Wildman–Crippen MR) is 61.1 cm³/mol. The monoisotopic (exact) mass is 422 g/mol. The molecule has 0 heterocycles. The molecular weight excluding hydrogens is 422 g/mol. The average molecular weight is 422 g/mol. The minimum Gasteiger partial charge on any atom is -0.261 e. The Bertz CT molecular complexity index is 603. The molecule has 0 N–H and O–H groups in total. The Balaban J connectivity index is 0. The molecule has 0 saturated carbocycles. The molecule has 0 aromatic heterocycles. The van der Waals surface area contributed by atoms with Crippen LogP contribution in [0.5, 0.6) is 0 Å². The molecule has 0 aliphatic rings. The third-order valence-electron chi connectivity index (χ3n) is 1.72. The molecule has 0 aliphatic carbocycles. The van der Waals surface area contributed by atoms with E-state index in [1.807, 2.05) is 0 Å². The third kappa shape index (κ3) is 15.4. The minimum absolute atomic E-state index is 0. The summed E-state index contributed by atoms with van der Waals surface area (Å²) in [7, 11) is 0. The van der Waals surface area contributed by atoms with Crippen molar-refractivity contribution >= 4 is 6.15 Å². The van der Waals surface area contributed by atoms with E-state index in [9.17, 15) is 52.7 Å². The van der Waals surface area contributed by atoms with Gasteiger partial charge in [0.2, 0.25) is 0 Å². The van der Waals surface area contributed by atoms with Gasteiger partial charge in [-0.3, -0.25) is 23.3 Å². The first kappa shape index (κ1) is 27.3. The van der Waals surface area contributed by atoms with Gasteiger partial charge >= 0.3 is 76.1 Å². The van der Waals surface area contributed by atoms with E-state index >= 15 is 0 Å². The van der Waals surface area contributed by atoms with Gasteiger partial charge in [-0.25, -0.2) is 0 Å². The minimum atomic E-state index is -5.45. The van der Waals surface area contributed by atoms with Gasteiger partial charge in [0.1, 0.15) is 0 Å². The first-order valence-corrected chi connectivity index (χ1v) is 5.42. The second kappa shape index (κ2) is 9.34. The summed E-state index contributed by atoms with van der Waals surface area (Å²) in [6.45, 7) is 0. The van der Waals surface area contributed by atoms with Crippen molar-refractivity contribution in [2.24, 2.45) is 0 Å². The molecule has 0 aliphatic heterocycles. The summed E-state index contributed by atoms with van der Waals surface area (Å²) in [5.74, 6) is 3.99. The zero-order chi connectivity index (χ0) is 20.2. The Morgan fingerprint density at radius 2 is 0.538 bits per heavy atom. The van der Waals surface area contributed by atoms with Crippen LogP contribution in [0.15, 0.2) is 0 Å². The molecule has 0 unspecified atom stereocenters. The fourth-order valence-electron chi connectivity index (χ4n) is 0.977. The molecule has 0 saturated heterocycles. The Morgan fingerprint density at radius 3 is 0.654 bits per heavy atom. The number of rotatable bonds is 0. The van der Waals surface area contributed by atoms with Crippen molar-refractivity contribution in [1.29, 1.82) is 0 Å². The molecule has 0 amide bonds. The topological polar surface area (TPSA) is 0 Å². The van der Waals surface area contributed by atoms with Crippen LogP contribution in [0.4, 0.5) is 52.7 Å². The Morgan fingerprint density at radius 1 is 0.385 bits per heavy atom. The maximum absolute atomic E-state index is 12.0. The van der Waals surface area contributed by atoms with Crippen molar-refractivity contribution in [3.8, 4) is 47.0 Å². The first-order chi connectivity index (χ1) is 10.8. The van der Waals surface area contributed by atoms with E-state index in [0.717, 1.165) is 23.3 Å². The zero-order valence-electron chi connectivity index (χ0n) is 12.1. The summed E-state index contributed by atoms with van der Waals surface area (Å²) in [4.78, 5) is 0. The molecule has 0 atom stereocenters. The maximum atomic E-state index is 12.0. The standard InChI is InChI=1S/C12BF12.K/c14-9(15,16)1-5-13(6-2-10(17,18)19,7-3-11(20,21)22)8-4-12(23,24)25;/q-1;+1. The van der Waals surface area contributed by atoms with E-state index in [1.165, 1.54) is 0 Å². The van der Waals surface area contributed by atoms with Crippen LogP contribution >= 0.6 is 0 Å². The van der Waals surface area contributed by atoms with Crippen LogP contribution in [0.2, 0.25) is 0 Å². The van der Waals surface area contributed by atoms with Gasteiger partial charge in [0.15, 0.2) is 0 Å². The van der Waals surface area contributed by atoms with Crippen LogP contribution in [0.1, 0.15) is 0 Å². The van der Waals surface area contributed by atoms with Crippen LogP contribution in [-0.2, 0) is 0 Å². The van der Waals surface area contributed by atoms with Gasteiger partial charge < -0.3 is 0 Å². The molecule has 0 fully saturated rings. The molecule has 0 rings (SSSR count). The third-order valence-corrected chi connectivity index (χ3v) is 1.72. The molecule has 0 radical (unpaired) electrons. The number of hydrogen-bond donors (Lipinski definition) is 0. The van der Waals surface area contributed by atoms with Crippen LogP contribution < -0.4 is 51.4 Å². The SMILES string of the molecule is FC(F)(F)C#C[B-](C#CC(F)(F)F)(C#CC(F)(F)F)C#CC(F)(F)F.[K+]. The van der Waals surface area contributed by atoms with E-state index in [1.54, 1.807) is 0 Å². The molecule has 26 heavy (non-hydrogen) atoms. The van der Waals surface area contributed by atoms with Gasteiger partial charge in [0.05, 0.1) is 0 Å². The van der Waals surface area contributed by atoms with E-state index in [-0.39, 0.29) is 75.1 Å². The van der Waals surface area contributed by atoms with Gasteiger partial charge in [-0.2, -0.15) is 52.7 Å². The van der Waals surface area contributed by atoms with E-state index in [4.69, 9.17) is 0 Å². The fraction of sp³-hybridized carbons (Fsp3) is 0.333. The quantitative estimate of drug-likeness (QED) is 0.309. The second-order valence-electron chi connectivity index (χ2n) is 3.93. The average Bonchev–Trinajstić information content (AvgIpc) is 2.33. The zero-order valence-corrected chi connectivity index (χ0v) is 15.2. The summed E-state index contributed by atoms with van der Waals surface area (Å²) in [6, 6.07) is 0. The number of halogens is 12. The largest absolute Gasteiger partial charge is 1.00 e. The molecule has 0 aromatic carbocycles. The predicted octanol–water partition coefficient (Wildman–Crippen LogP) is 0.859. The Hall–Kier alpha value is -0.899. The van der Waals surface area contributed by atoms with Crippen molar-refractivity contribution < 1.29 is 104 Å². The van der Waals surface area contributed by atoms with Crippen LogP contribution in [0.3, 0.4) is 0 Å². The summed E-state index contributed by atoms with van der Waals surface area (Å²) < 4.78 is 144. The van der Waals surface area contributed by atoms with Gasteiger partial charge in [0.25, 0.3) is 6.15 Å². The fourth-order valence-corrected chi connectivity index (χ4v) is 0.977. The molecule has 0 nitrogen and oxygen atoms in total. The van der Waals surface area contributed by atoms with E-state index in [0.29, 0.717) is 0 Å². The summed E-state index contributed by atoms with van der Waals surface area (Å²) >= 11 is 0. The number of hydrogen-bond acceptors (Lipinski definition) is 0. The molecule has 0 spiro atoms. The molecular formula is C12BF12K. The normalized spacial score (nSPS) is 11.8. The van der Waals surface area contributed by atoms with Crippen molar-refractivity contribution in [3.63, 3.8) is 0 Å². The molecule has 0 bridgehead atoms. The van der Waals surface area contributed by atoms with E-state index in [2.05, 4.69) is 0 Å². The van der Waals surface area contributed by atoms with Crippen LogP contribution in [0.25, 0.3) is 0 Å². The molecule has 0 aromatic rings. The van der Waals surface area contributed by atoms with Crippen molar-refractivity contribution in [2.75, 3.05) is 0 Å². The summed E-state index contributed by atoms with van der Waals surface area (Å²) in [5, 5.41) is 0. The van der Waals surface area contributed by atoms with Gasteiger partial charge in [0, 0.05) is 0 Å². The molecule has 14 heteroatoms. The Kier molecular flexibility index (Phi) is 9.82. The van der Waals surface area contributed by atoms with Crippen LogP contribution in [0, 0.1) is 47.0 Å². The Labute approximate surface area is 180 Å². The van der Waals surface area contributed by atoms with Crippen LogP contribution in [-0.4, -0.2) is 30.9 Å². The number of alkyl halides is 12. The van der Waals surface area contributed by atoms with Gasteiger partial charge in [-0.15, -0.1) is 0 Å². The second-order valence-corrected chi connectivity index (χ2v) is 3.93. The first-order valence-electron chi connectivity index (χ1n) is 5.42. The van der Waals surface area contributed by atoms with E-state index < -0.39 is 30.9 Å². The smallest absolute Gasteiger partial charge is 0.261 e. The van der Waals surface area contributed by atoms with Crippen molar-refractivity contribution in [2.45, 2.75) is 24.7 Å². The summed E-state index contributed by atoms with van der Waals surface area (Å²) in [5.41, 5.74) is 0. The van der Waals surface area contributed by atoms with Gasteiger partial charge in [-0.1, -0.05) is 0 Å². The molecule has 136 valence electrons. The van der Waals surface area contributed by atoms with Crippen molar-refractivity contribution in [1.82, 2.24) is 0 Å². The summed E-state index contributed by atoms with van der Waals surface area (Å²) in [6.07, 6.45) is -26.4.